The number of nitriles is 1. The molecule has 1 aromatic rings. The number of pyridine rings is 1. The van der Waals surface area contributed by atoms with E-state index in [-0.39, 0.29) is 11.3 Å². The maximum absolute atomic E-state index is 10.5. The van der Waals surface area contributed by atoms with Crippen molar-refractivity contribution in [3.63, 3.8) is 0 Å². The average molecular weight is 178 g/mol. The van der Waals surface area contributed by atoms with Gasteiger partial charge in [-0.25, -0.2) is 4.79 Å². The molecule has 1 atom stereocenters. The number of aliphatic hydroxyl groups excluding tert-OH is 1. The zero-order valence-corrected chi connectivity index (χ0v) is 6.51. The molecule has 0 saturated carbocycles. The SMILES string of the molecule is N#CC(O)c1cc(C(=O)O)ccn1. The van der Waals surface area contributed by atoms with Gasteiger partial charge in [0.2, 0.25) is 0 Å². The Morgan fingerprint density at radius 1 is 1.69 bits per heavy atom. The quantitative estimate of drug-likeness (QED) is 0.636. The Labute approximate surface area is 73.9 Å². The summed E-state index contributed by atoms with van der Waals surface area (Å²) in [7, 11) is 0. The third-order valence-electron chi connectivity index (χ3n) is 1.43. The lowest BCUT2D eigenvalue weighted by molar-refractivity contribution is 0.0696. The number of rotatable bonds is 2. The number of hydrogen-bond donors (Lipinski definition) is 2. The van der Waals surface area contributed by atoms with Gasteiger partial charge in [0.05, 0.1) is 11.3 Å². The second-order valence-electron chi connectivity index (χ2n) is 2.31. The molecule has 0 aliphatic rings. The average Bonchev–Trinajstić information content (AvgIpc) is 2.17. The maximum atomic E-state index is 10.5. The van der Waals surface area contributed by atoms with Gasteiger partial charge in [-0.1, -0.05) is 0 Å². The summed E-state index contributed by atoms with van der Waals surface area (Å²) in [4.78, 5) is 14.1. The van der Waals surface area contributed by atoms with Crippen LogP contribution in [0.25, 0.3) is 0 Å². The summed E-state index contributed by atoms with van der Waals surface area (Å²) >= 11 is 0. The number of nitrogens with zero attached hydrogens (tertiary/aromatic N) is 2. The number of carboxylic acids is 1. The third-order valence-corrected chi connectivity index (χ3v) is 1.43. The van der Waals surface area contributed by atoms with Crippen LogP contribution in [-0.2, 0) is 0 Å². The number of carbonyl (C=O) groups is 1. The first-order chi connectivity index (χ1) is 6.15. The molecule has 13 heavy (non-hydrogen) atoms. The first-order valence-corrected chi connectivity index (χ1v) is 3.42. The van der Waals surface area contributed by atoms with E-state index >= 15 is 0 Å². The summed E-state index contributed by atoms with van der Waals surface area (Å²) in [6.07, 6.45) is -0.140. The van der Waals surface area contributed by atoms with E-state index in [9.17, 15) is 4.79 Å². The third kappa shape index (κ3) is 2.01. The number of carboxylic acid groups (broad SMARTS) is 1. The highest BCUT2D eigenvalue weighted by Gasteiger charge is 2.10. The van der Waals surface area contributed by atoms with Crippen LogP contribution in [-0.4, -0.2) is 21.2 Å². The van der Waals surface area contributed by atoms with Gasteiger partial charge in [0.1, 0.15) is 6.07 Å². The van der Waals surface area contributed by atoms with Crippen molar-refractivity contribution in [2.24, 2.45) is 0 Å². The molecule has 0 aromatic carbocycles. The molecule has 0 amide bonds. The van der Waals surface area contributed by atoms with Crippen molar-refractivity contribution in [1.29, 1.82) is 5.26 Å². The Hall–Kier alpha value is -1.93. The van der Waals surface area contributed by atoms with Crippen molar-refractivity contribution in [3.05, 3.63) is 29.6 Å². The van der Waals surface area contributed by atoms with Gasteiger partial charge in [0.25, 0.3) is 0 Å². The lowest BCUT2D eigenvalue weighted by Gasteiger charge is -2.00. The maximum Gasteiger partial charge on any atom is 0.335 e. The van der Waals surface area contributed by atoms with Crippen LogP contribution in [0.1, 0.15) is 22.2 Å². The second-order valence-corrected chi connectivity index (χ2v) is 2.31. The Bertz CT molecular complexity index is 370. The summed E-state index contributed by atoms with van der Waals surface area (Å²) < 4.78 is 0. The first-order valence-electron chi connectivity index (χ1n) is 3.42. The lowest BCUT2D eigenvalue weighted by atomic mass is 10.2. The Kier molecular flexibility index (Phi) is 2.57. The Morgan fingerprint density at radius 2 is 2.38 bits per heavy atom. The standard InChI is InChI=1S/C8H6N2O3/c9-4-7(11)6-3-5(8(12)13)1-2-10-6/h1-3,7,11H,(H,12,13). The van der Waals surface area contributed by atoms with Gasteiger partial charge in [-0.05, 0) is 12.1 Å². The number of aliphatic hydroxyl groups is 1. The molecule has 5 heteroatoms. The predicted molar refractivity (Wildman–Crippen MR) is 41.8 cm³/mol. The van der Waals surface area contributed by atoms with Crippen molar-refractivity contribution in [2.75, 3.05) is 0 Å². The van der Waals surface area contributed by atoms with E-state index < -0.39 is 12.1 Å². The molecule has 1 rings (SSSR count). The highest BCUT2D eigenvalue weighted by molar-refractivity contribution is 5.87. The van der Waals surface area contributed by atoms with E-state index in [1.54, 1.807) is 6.07 Å². The molecule has 66 valence electrons. The van der Waals surface area contributed by atoms with Crippen molar-refractivity contribution in [2.45, 2.75) is 6.10 Å². The molecule has 2 N–H and O–H groups in total. The Balaban J connectivity index is 3.07. The molecule has 5 nitrogen and oxygen atoms in total. The van der Waals surface area contributed by atoms with Crippen LogP contribution in [0.2, 0.25) is 0 Å². The highest BCUT2D eigenvalue weighted by atomic mass is 16.4. The largest absolute Gasteiger partial charge is 0.478 e. The summed E-state index contributed by atoms with van der Waals surface area (Å²) in [5.41, 5.74) is 0.0432. The van der Waals surface area contributed by atoms with Crippen LogP contribution in [0.3, 0.4) is 0 Å². The summed E-state index contributed by atoms with van der Waals surface area (Å²) in [5.74, 6) is -1.12. The van der Waals surface area contributed by atoms with Crippen LogP contribution in [0.5, 0.6) is 0 Å². The summed E-state index contributed by atoms with van der Waals surface area (Å²) in [6.45, 7) is 0. The van der Waals surface area contributed by atoms with Crippen LogP contribution in [0, 0.1) is 11.3 Å². The first kappa shape index (κ1) is 9.16. The van der Waals surface area contributed by atoms with Gasteiger partial charge < -0.3 is 10.2 Å². The van der Waals surface area contributed by atoms with Gasteiger partial charge in [0.15, 0.2) is 6.10 Å². The fourth-order valence-electron chi connectivity index (χ4n) is 0.797. The fourth-order valence-corrected chi connectivity index (χ4v) is 0.797. The molecule has 1 aromatic heterocycles. The highest BCUT2D eigenvalue weighted by Crippen LogP contribution is 2.10. The van der Waals surface area contributed by atoms with Crippen LogP contribution in [0.4, 0.5) is 0 Å². The minimum Gasteiger partial charge on any atom is -0.478 e. The topological polar surface area (TPSA) is 94.2 Å². The van der Waals surface area contributed by atoms with Gasteiger partial charge in [-0.3, -0.25) is 4.98 Å². The Morgan fingerprint density at radius 3 is 2.92 bits per heavy atom. The molecule has 0 fully saturated rings. The van der Waals surface area contributed by atoms with Crippen molar-refractivity contribution in [3.8, 4) is 6.07 Å². The molecule has 0 saturated heterocycles. The van der Waals surface area contributed by atoms with E-state index in [0.29, 0.717) is 0 Å². The van der Waals surface area contributed by atoms with Gasteiger partial charge >= 0.3 is 5.97 Å². The van der Waals surface area contributed by atoms with Gasteiger partial charge in [-0.2, -0.15) is 5.26 Å². The number of hydrogen-bond acceptors (Lipinski definition) is 4. The van der Waals surface area contributed by atoms with E-state index in [1.807, 2.05) is 0 Å². The molecule has 0 aliphatic heterocycles. The monoisotopic (exact) mass is 178 g/mol. The second kappa shape index (κ2) is 3.65. The normalized spacial score (nSPS) is 11.7. The van der Waals surface area contributed by atoms with E-state index in [4.69, 9.17) is 15.5 Å². The zero-order chi connectivity index (χ0) is 9.84. The lowest BCUT2D eigenvalue weighted by Crippen LogP contribution is -2.02. The summed E-state index contributed by atoms with van der Waals surface area (Å²) in [6, 6.07) is 4.00. The molecule has 0 radical (unpaired) electrons. The minimum atomic E-state index is -1.38. The van der Waals surface area contributed by atoms with Crippen LogP contribution >= 0.6 is 0 Å². The fraction of sp³-hybridized carbons (Fsp3) is 0.125. The zero-order valence-electron chi connectivity index (χ0n) is 6.51. The minimum absolute atomic E-state index is 0.000648. The molecule has 0 spiro atoms. The van der Waals surface area contributed by atoms with E-state index in [0.717, 1.165) is 6.07 Å². The van der Waals surface area contributed by atoms with Crippen molar-refractivity contribution >= 4 is 5.97 Å². The summed E-state index contributed by atoms with van der Waals surface area (Å²) in [5, 5.41) is 25.9. The predicted octanol–water partition coefficient (Wildman–Crippen LogP) is 0.337. The van der Waals surface area contributed by atoms with Crippen molar-refractivity contribution in [1.82, 2.24) is 4.98 Å². The van der Waals surface area contributed by atoms with Gasteiger partial charge in [0, 0.05) is 6.20 Å². The molecular weight excluding hydrogens is 172 g/mol. The molecule has 1 heterocycles. The van der Waals surface area contributed by atoms with E-state index in [2.05, 4.69) is 4.98 Å². The smallest absolute Gasteiger partial charge is 0.335 e. The van der Waals surface area contributed by atoms with Crippen LogP contribution in [0.15, 0.2) is 18.3 Å². The molecule has 0 bridgehead atoms. The molecular formula is C8H6N2O3. The van der Waals surface area contributed by atoms with Crippen LogP contribution < -0.4 is 0 Å². The number of aromatic carboxylic acids is 1. The number of aromatic nitrogens is 1. The van der Waals surface area contributed by atoms with E-state index in [1.165, 1.54) is 12.3 Å². The molecule has 0 aliphatic carbocycles. The molecule has 1 unspecified atom stereocenters. The van der Waals surface area contributed by atoms with Gasteiger partial charge in [-0.15, -0.1) is 0 Å². The van der Waals surface area contributed by atoms with Crippen molar-refractivity contribution < 1.29 is 15.0 Å².